The van der Waals surface area contributed by atoms with E-state index in [0.717, 1.165) is 5.69 Å². The van der Waals surface area contributed by atoms with Crippen molar-refractivity contribution in [2.24, 2.45) is 11.5 Å². The van der Waals surface area contributed by atoms with Crippen molar-refractivity contribution >= 4 is 11.7 Å². The van der Waals surface area contributed by atoms with Crippen LogP contribution in [0.1, 0.15) is 16.1 Å². The average Bonchev–Trinajstić information content (AvgIpc) is 2.17. The smallest absolute Gasteiger partial charge is 0.248 e. The van der Waals surface area contributed by atoms with Crippen LogP contribution in [0, 0.1) is 6.92 Å². The molecule has 0 atom stereocenters. The topological polar surface area (TPSA) is 85.2 Å². The van der Waals surface area contributed by atoms with Gasteiger partial charge in [0.05, 0.1) is 0 Å². The van der Waals surface area contributed by atoms with E-state index in [4.69, 9.17) is 11.5 Å². The molecule has 0 aliphatic heterocycles. The zero-order valence-corrected chi connectivity index (χ0v) is 9.03. The van der Waals surface area contributed by atoms with Gasteiger partial charge in [0.1, 0.15) is 5.82 Å². The molecule has 1 amide bonds. The molecule has 1 heterocycles. The largest absolute Gasteiger partial charge is 0.366 e. The zero-order chi connectivity index (χ0) is 11.4. The van der Waals surface area contributed by atoms with Gasteiger partial charge in [-0.25, -0.2) is 4.98 Å². The monoisotopic (exact) mass is 208 g/mol. The van der Waals surface area contributed by atoms with E-state index in [1.54, 1.807) is 12.1 Å². The highest BCUT2D eigenvalue weighted by Crippen LogP contribution is 2.12. The number of nitrogens with two attached hydrogens (primary N) is 2. The minimum absolute atomic E-state index is 0.442. The van der Waals surface area contributed by atoms with Crippen molar-refractivity contribution in [3.05, 3.63) is 23.4 Å². The number of likely N-dealkylation sites (N-methyl/N-ethyl adjacent to an activating group) is 1. The molecule has 15 heavy (non-hydrogen) atoms. The Morgan fingerprint density at radius 2 is 2.20 bits per heavy atom. The number of aromatic nitrogens is 1. The first kappa shape index (κ1) is 11.5. The molecule has 0 saturated heterocycles. The number of aryl methyl sites for hydroxylation is 1. The summed E-state index contributed by atoms with van der Waals surface area (Å²) >= 11 is 0. The van der Waals surface area contributed by atoms with Gasteiger partial charge in [0.25, 0.3) is 0 Å². The molecular formula is C10H16N4O. The SMILES string of the molecule is Cc1cc(C(N)=O)cc(N(C)CCN)n1. The van der Waals surface area contributed by atoms with Gasteiger partial charge in [0.2, 0.25) is 5.91 Å². The van der Waals surface area contributed by atoms with E-state index < -0.39 is 5.91 Å². The first-order valence-corrected chi connectivity index (χ1v) is 4.74. The highest BCUT2D eigenvalue weighted by Gasteiger charge is 2.07. The number of primary amides is 1. The van der Waals surface area contributed by atoms with Gasteiger partial charge >= 0.3 is 0 Å². The zero-order valence-electron chi connectivity index (χ0n) is 9.03. The first-order valence-electron chi connectivity index (χ1n) is 4.74. The molecular weight excluding hydrogens is 192 g/mol. The third kappa shape index (κ3) is 2.92. The first-order chi connectivity index (χ1) is 7.04. The van der Waals surface area contributed by atoms with Crippen LogP contribution in [0.2, 0.25) is 0 Å². The van der Waals surface area contributed by atoms with Gasteiger partial charge in [-0.1, -0.05) is 0 Å². The lowest BCUT2D eigenvalue weighted by Gasteiger charge is -2.17. The number of amides is 1. The second-order valence-electron chi connectivity index (χ2n) is 3.43. The molecule has 82 valence electrons. The third-order valence-electron chi connectivity index (χ3n) is 2.08. The Morgan fingerprint density at radius 1 is 1.53 bits per heavy atom. The predicted octanol–water partition coefficient (Wildman–Crippen LogP) is -0.116. The van der Waals surface area contributed by atoms with E-state index in [1.165, 1.54) is 0 Å². The summed E-state index contributed by atoms with van der Waals surface area (Å²) in [5.74, 6) is 0.275. The Kier molecular flexibility index (Phi) is 3.62. The lowest BCUT2D eigenvalue weighted by atomic mass is 10.2. The maximum Gasteiger partial charge on any atom is 0.248 e. The molecule has 1 aromatic heterocycles. The maximum atomic E-state index is 11.0. The number of pyridine rings is 1. The Hall–Kier alpha value is -1.62. The van der Waals surface area contributed by atoms with Crippen LogP contribution in [0.4, 0.5) is 5.82 Å². The van der Waals surface area contributed by atoms with Gasteiger partial charge in [-0.3, -0.25) is 4.79 Å². The van der Waals surface area contributed by atoms with E-state index in [9.17, 15) is 4.79 Å². The maximum absolute atomic E-state index is 11.0. The number of nitrogens with zero attached hydrogens (tertiary/aromatic N) is 2. The molecule has 0 saturated carbocycles. The van der Waals surface area contributed by atoms with E-state index >= 15 is 0 Å². The molecule has 5 heteroatoms. The van der Waals surface area contributed by atoms with Crippen molar-refractivity contribution in [3.63, 3.8) is 0 Å². The summed E-state index contributed by atoms with van der Waals surface area (Å²) in [5.41, 5.74) is 11.9. The van der Waals surface area contributed by atoms with E-state index in [0.29, 0.717) is 24.5 Å². The summed E-state index contributed by atoms with van der Waals surface area (Å²) in [7, 11) is 1.87. The van der Waals surface area contributed by atoms with E-state index in [2.05, 4.69) is 4.98 Å². The van der Waals surface area contributed by atoms with Crippen molar-refractivity contribution in [1.82, 2.24) is 4.98 Å². The standard InChI is InChI=1S/C10H16N4O/c1-7-5-8(10(12)15)6-9(13-7)14(2)4-3-11/h5-6H,3-4,11H2,1-2H3,(H2,12,15). The second kappa shape index (κ2) is 4.75. The van der Waals surface area contributed by atoms with Crippen molar-refractivity contribution < 1.29 is 4.79 Å². The lowest BCUT2D eigenvalue weighted by Crippen LogP contribution is -2.26. The highest BCUT2D eigenvalue weighted by atomic mass is 16.1. The molecule has 4 N–H and O–H groups in total. The van der Waals surface area contributed by atoms with Crippen LogP contribution in [-0.4, -0.2) is 31.0 Å². The van der Waals surface area contributed by atoms with Gasteiger partial charge in [0.15, 0.2) is 0 Å². The Morgan fingerprint density at radius 3 is 2.73 bits per heavy atom. The fourth-order valence-electron chi connectivity index (χ4n) is 1.30. The molecule has 0 spiro atoms. The van der Waals surface area contributed by atoms with Crippen LogP contribution < -0.4 is 16.4 Å². The highest BCUT2D eigenvalue weighted by molar-refractivity contribution is 5.93. The quantitative estimate of drug-likeness (QED) is 0.722. The Labute approximate surface area is 89.1 Å². The summed E-state index contributed by atoms with van der Waals surface area (Å²) in [6.07, 6.45) is 0. The summed E-state index contributed by atoms with van der Waals surface area (Å²) in [6.45, 7) is 3.05. The van der Waals surface area contributed by atoms with Crippen LogP contribution in [0.25, 0.3) is 0 Å². The van der Waals surface area contributed by atoms with Crippen molar-refractivity contribution in [2.45, 2.75) is 6.92 Å². The number of rotatable bonds is 4. The fraction of sp³-hybridized carbons (Fsp3) is 0.400. The van der Waals surface area contributed by atoms with E-state index in [-0.39, 0.29) is 0 Å². The minimum Gasteiger partial charge on any atom is -0.366 e. The minimum atomic E-state index is -0.442. The average molecular weight is 208 g/mol. The molecule has 0 radical (unpaired) electrons. The number of hydrogen-bond acceptors (Lipinski definition) is 4. The van der Waals surface area contributed by atoms with Crippen molar-refractivity contribution in [1.29, 1.82) is 0 Å². The molecule has 5 nitrogen and oxygen atoms in total. The van der Waals surface area contributed by atoms with Crippen molar-refractivity contribution in [3.8, 4) is 0 Å². The van der Waals surface area contributed by atoms with Crippen LogP contribution in [0.3, 0.4) is 0 Å². The molecule has 0 aliphatic carbocycles. The summed E-state index contributed by atoms with van der Waals surface area (Å²) < 4.78 is 0. The molecule has 0 unspecified atom stereocenters. The molecule has 0 bridgehead atoms. The molecule has 0 fully saturated rings. The van der Waals surface area contributed by atoms with Gasteiger partial charge in [-0.2, -0.15) is 0 Å². The number of carbonyl (C=O) groups is 1. The van der Waals surface area contributed by atoms with Crippen LogP contribution in [0.5, 0.6) is 0 Å². The molecule has 0 aliphatic rings. The molecule has 1 rings (SSSR count). The Balaban J connectivity index is 3.03. The van der Waals surface area contributed by atoms with Crippen LogP contribution in [0.15, 0.2) is 12.1 Å². The van der Waals surface area contributed by atoms with Crippen molar-refractivity contribution in [2.75, 3.05) is 25.0 Å². The summed E-state index contributed by atoms with van der Waals surface area (Å²) in [4.78, 5) is 17.2. The Bertz CT molecular complexity index is 364. The predicted molar refractivity (Wildman–Crippen MR) is 59.8 cm³/mol. The number of hydrogen-bond donors (Lipinski definition) is 2. The van der Waals surface area contributed by atoms with Gasteiger partial charge in [-0.15, -0.1) is 0 Å². The molecule has 1 aromatic rings. The fourth-order valence-corrected chi connectivity index (χ4v) is 1.30. The van der Waals surface area contributed by atoms with Crippen LogP contribution in [-0.2, 0) is 0 Å². The van der Waals surface area contributed by atoms with Gasteiger partial charge < -0.3 is 16.4 Å². The van der Waals surface area contributed by atoms with E-state index in [1.807, 2.05) is 18.9 Å². The number of carbonyl (C=O) groups excluding carboxylic acids is 1. The lowest BCUT2D eigenvalue weighted by molar-refractivity contribution is 0.1000. The van der Waals surface area contributed by atoms with Gasteiger partial charge in [-0.05, 0) is 19.1 Å². The molecule has 0 aromatic carbocycles. The summed E-state index contributed by atoms with van der Waals surface area (Å²) in [6, 6.07) is 3.34. The second-order valence-corrected chi connectivity index (χ2v) is 3.43. The van der Waals surface area contributed by atoms with Crippen LogP contribution >= 0.6 is 0 Å². The summed E-state index contributed by atoms with van der Waals surface area (Å²) in [5, 5.41) is 0. The van der Waals surface area contributed by atoms with Gasteiger partial charge in [0, 0.05) is 31.4 Å². The number of anilines is 1. The third-order valence-corrected chi connectivity index (χ3v) is 2.08. The normalized spacial score (nSPS) is 10.1.